The number of urea groups is 1. The molecule has 9 heteroatoms. The number of carbonyl (C=O) groups excluding carboxylic acids is 2. The molecule has 0 aromatic heterocycles. The van der Waals surface area contributed by atoms with Gasteiger partial charge in [0, 0.05) is 32.2 Å². The second-order valence-electron chi connectivity index (χ2n) is 7.86. The van der Waals surface area contributed by atoms with Crippen LogP contribution in [0.4, 0.5) is 4.79 Å². The first kappa shape index (κ1) is 20.8. The summed E-state index contributed by atoms with van der Waals surface area (Å²) in [5.41, 5.74) is 0. The summed E-state index contributed by atoms with van der Waals surface area (Å²) in [6.07, 6.45) is 1.90. The van der Waals surface area contributed by atoms with Crippen LogP contribution in [0.2, 0.25) is 0 Å². The molecule has 1 atom stereocenters. The van der Waals surface area contributed by atoms with Crippen LogP contribution in [0, 0.1) is 0 Å². The number of piperazine rings is 1. The molecule has 2 aromatic carbocycles. The second-order valence-corrected chi connectivity index (χ2v) is 9.80. The van der Waals surface area contributed by atoms with Crippen LogP contribution >= 0.6 is 0 Å². The van der Waals surface area contributed by atoms with Crippen LogP contribution in [0.3, 0.4) is 0 Å². The fourth-order valence-corrected chi connectivity index (χ4v) is 5.10. The average Bonchev–Trinajstić information content (AvgIpc) is 3.56. The van der Waals surface area contributed by atoms with E-state index in [0.717, 1.165) is 23.6 Å². The van der Waals surface area contributed by atoms with Gasteiger partial charge in [-0.25, -0.2) is 13.2 Å². The molecule has 2 N–H and O–H groups in total. The van der Waals surface area contributed by atoms with Crippen LogP contribution in [0.5, 0.6) is 0 Å². The molecule has 0 spiro atoms. The molecule has 2 aromatic rings. The monoisotopic (exact) mass is 430 g/mol. The van der Waals surface area contributed by atoms with Crippen molar-refractivity contribution in [2.24, 2.45) is 0 Å². The Morgan fingerprint density at radius 1 is 1.00 bits per heavy atom. The quantitative estimate of drug-likeness (QED) is 0.750. The molecule has 2 fully saturated rings. The minimum absolute atomic E-state index is 0.178. The van der Waals surface area contributed by atoms with E-state index in [2.05, 4.69) is 10.6 Å². The first-order valence-corrected chi connectivity index (χ1v) is 11.6. The van der Waals surface area contributed by atoms with Gasteiger partial charge in [-0.1, -0.05) is 30.3 Å². The number of nitrogens with one attached hydrogen (secondary N) is 2. The fraction of sp³-hybridized carbons (Fsp3) is 0.429. The van der Waals surface area contributed by atoms with E-state index in [0.29, 0.717) is 26.2 Å². The fourth-order valence-electron chi connectivity index (χ4n) is 3.64. The van der Waals surface area contributed by atoms with Gasteiger partial charge in [-0.05, 0) is 42.7 Å². The maximum atomic E-state index is 13.1. The lowest BCUT2D eigenvalue weighted by molar-refractivity contribution is -0.125. The summed E-state index contributed by atoms with van der Waals surface area (Å²) >= 11 is 0. The third-order valence-corrected chi connectivity index (χ3v) is 7.60. The molecule has 1 aliphatic carbocycles. The Morgan fingerprint density at radius 3 is 2.33 bits per heavy atom. The van der Waals surface area contributed by atoms with Gasteiger partial charge < -0.3 is 5.32 Å². The lowest BCUT2D eigenvalue weighted by atomic mass is 10.1. The van der Waals surface area contributed by atoms with E-state index in [1.165, 1.54) is 4.31 Å². The smallest absolute Gasteiger partial charge is 0.321 e. The van der Waals surface area contributed by atoms with E-state index in [1.807, 2.05) is 35.2 Å². The Labute approximate surface area is 176 Å². The standard InChI is InChI=1S/C21H26N4O4S/c1-15(20(26)23-21(27)22-18-7-8-18)24-10-12-25(13-11-24)30(28,29)19-9-6-16-4-2-3-5-17(16)14-19/h2-6,9,14-15,18H,7-8,10-13H2,1H3,(H2,22,23,26,27). The molecule has 4 rings (SSSR count). The van der Waals surface area contributed by atoms with Crippen molar-refractivity contribution in [3.8, 4) is 0 Å². The van der Waals surface area contributed by atoms with E-state index in [9.17, 15) is 18.0 Å². The molecule has 1 saturated carbocycles. The number of hydrogen-bond donors (Lipinski definition) is 2. The van der Waals surface area contributed by atoms with Gasteiger partial charge in [-0.3, -0.25) is 15.0 Å². The molecule has 1 unspecified atom stereocenters. The minimum Gasteiger partial charge on any atom is -0.335 e. The molecule has 1 saturated heterocycles. The molecule has 30 heavy (non-hydrogen) atoms. The number of hydrogen-bond acceptors (Lipinski definition) is 5. The van der Waals surface area contributed by atoms with E-state index >= 15 is 0 Å². The van der Waals surface area contributed by atoms with E-state index in [-0.39, 0.29) is 16.8 Å². The Kier molecular flexibility index (Phi) is 5.77. The molecule has 160 valence electrons. The normalized spacial score (nSPS) is 19.4. The predicted molar refractivity (Wildman–Crippen MR) is 113 cm³/mol. The summed E-state index contributed by atoms with van der Waals surface area (Å²) in [4.78, 5) is 26.3. The van der Waals surface area contributed by atoms with Gasteiger partial charge in [0.15, 0.2) is 0 Å². The lowest BCUT2D eigenvalue weighted by Gasteiger charge is -2.36. The molecule has 2 aliphatic rings. The number of sulfonamides is 1. The topological polar surface area (TPSA) is 98.8 Å². The van der Waals surface area contributed by atoms with Gasteiger partial charge in [-0.2, -0.15) is 4.31 Å². The van der Waals surface area contributed by atoms with Crippen LogP contribution in [-0.4, -0.2) is 67.8 Å². The summed E-state index contributed by atoms with van der Waals surface area (Å²) in [6, 6.07) is 12.0. The van der Waals surface area contributed by atoms with Crippen molar-refractivity contribution < 1.29 is 18.0 Å². The maximum absolute atomic E-state index is 13.1. The Hall–Kier alpha value is -2.49. The summed E-state index contributed by atoms with van der Waals surface area (Å²) in [5.74, 6) is -0.376. The summed E-state index contributed by atoms with van der Waals surface area (Å²) in [6.45, 7) is 3.16. The average molecular weight is 431 g/mol. The van der Waals surface area contributed by atoms with Crippen molar-refractivity contribution >= 4 is 32.7 Å². The van der Waals surface area contributed by atoms with Crippen LogP contribution < -0.4 is 10.6 Å². The first-order valence-electron chi connectivity index (χ1n) is 10.2. The zero-order valence-corrected chi connectivity index (χ0v) is 17.7. The molecule has 1 aliphatic heterocycles. The number of benzene rings is 2. The van der Waals surface area contributed by atoms with Gasteiger partial charge in [0.2, 0.25) is 15.9 Å². The van der Waals surface area contributed by atoms with E-state index in [4.69, 9.17) is 0 Å². The SMILES string of the molecule is CC(C(=O)NC(=O)NC1CC1)N1CCN(S(=O)(=O)c2ccc3ccccc3c2)CC1. The third kappa shape index (κ3) is 4.48. The largest absolute Gasteiger partial charge is 0.335 e. The second kappa shape index (κ2) is 8.33. The van der Waals surface area contributed by atoms with Gasteiger partial charge in [0.25, 0.3) is 0 Å². The maximum Gasteiger partial charge on any atom is 0.321 e. The minimum atomic E-state index is -3.61. The van der Waals surface area contributed by atoms with E-state index < -0.39 is 22.1 Å². The van der Waals surface area contributed by atoms with Crippen LogP contribution in [0.25, 0.3) is 10.8 Å². The van der Waals surface area contributed by atoms with Crippen molar-refractivity contribution in [1.82, 2.24) is 19.8 Å². The van der Waals surface area contributed by atoms with Gasteiger partial charge in [-0.15, -0.1) is 0 Å². The Balaban J connectivity index is 1.36. The number of carbonyl (C=O) groups is 2. The highest BCUT2D eigenvalue weighted by Gasteiger charge is 2.32. The number of nitrogens with zero attached hydrogens (tertiary/aromatic N) is 2. The Bertz CT molecular complexity index is 1060. The molecule has 8 nitrogen and oxygen atoms in total. The number of rotatable bonds is 5. The molecule has 0 radical (unpaired) electrons. The molecular formula is C21H26N4O4S. The summed E-state index contributed by atoms with van der Waals surface area (Å²) in [7, 11) is -3.61. The highest BCUT2D eigenvalue weighted by molar-refractivity contribution is 7.89. The van der Waals surface area contributed by atoms with Crippen LogP contribution in [0.15, 0.2) is 47.4 Å². The van der Waals surface area contributed by atoms with Crippen LogP contribution in [-0.2, 0) is 14.8 Å². The Morgan fingerprint density at radius 2 is 1.67 bits per heavy atom. The molecule has 1 heterocycles. The summed E-state index contributed by atoms with van der Waals surface area (Å²) in [5, 5.41) is 6.97. The highest BCUT2D eigenvalue weighted by Crippen LogP contribution is 2.23. The molecular weight excluding hydrogens is 404 g/mol. The number of imide groups is 1. The molecule has 3 amide bonds. The highest BCUT2D eigenvalue weighted by atomic mass is 32.2. The van der Waals surface area contributed by atoms with Gasteiger partial charge >= 0.3 is 6.03 Å². The zero-order chi connectivity index (χ0) is 21.3. The van der Waals surface area contributed by atoms with Crippen LogP contribution in [0.1, 0.15) is 19.8 Å². The zero-order valence-electron chi connectivity index (χ0n) is 16.9. The molecule has 0 bridgehead atoms. The number of amides is 3. The van der Waals surface area contributed by atoms with Crippen molar-refractivity contribution in [2.45, 2.75) is 36.7 Å². The number of fused-ring (bicyclic) bond motifs is 1. The first-order chi connectivity index (χ1) is 14.3. The summed E-state index contributed by atoms with van der Waals surface area (Å²) < 4.78 is 27.6. The van der Waals surface area contributed by atoms with E-state index in [1.54, 1.807) is 19.1 Å². The van der Waals surface area contributed by atoms with Gasteiger partial charge in [0.1, 0.15) is 0 Å². The van der Waals surface area contributed by atoms with Crippen molar-refractivity contribution in [3.63, 3.8) is 0 Å². The predicted octanol–water partition coefficient (Wildman–Crippen LogP) is 1.52. The van der Waals surface area contributed by atoms with Crippen molar-refractivity contribution in [1.29, 1.82) is 0 Å². The lowest BCUT2D eigenvalue weighted by Crippen LogP contribution is -2.56. The van der Waals surface area contributed by atoms with Crippen molar-refractivity contribution in [3.05, 3.63) is 42.5 Å². The third-order valence-electron chi connectivity index (χ3n) is 5.71. The van der Waals surface area contributed by atoms with Crippen molar-refractivity contribution in [2.75, 3.05) is 26.2 Å². The van der Waals surface area contributed by atoms with Gasteiger partial charge in [0.05, 0.1) is 10.9 Å².